The van der Waals surface area contributed by atoms with E-state index in [4.69, 9.17) is 11.6 Å². The number of rotatable bonds is 4. The highest BCUT2D eigenvalue weighted by molar-refractivity contribution is 7.92. The Bertz CT molecular complexity index is 849. The van der Waals surface area contributed by atoms with Crippen molar-refractivity contribution in [1.29, 1.82) is 0 Å². The zero-order valence-corrected chi connectivity index (χ0v) is 15.2. The number of nitrogens with one attached hydrogen (secondary N) is 1. The Morgan fingerprint density at radius 2 is 1.72 bits per heavy atom. The summed E-state index contributed by atoms with van der Waals surface area (Å²) in [6.45, 7) is 0.505. The third kappa shape index (κ3) is 4.52. The maximum Gasteiger partial charge on any atom is 0.235 e. The smallest absolute Gasteiger partial charge is 0.235 e. The first-order chi connectivity index (χ1) is 11.9. The molecule has 1 fully saturated rings. The summed E-state index contributed by atoms with van der Waals surface area (Å²) in [6.07, 6.45) is 1.82. The second-order valence-electron chi connectivity index (χ2n) is 5.99. The monoisotopic (exact) mass is 378 g/mol. The molecule has 2 aromatic carbocycles. The van der Waals surface area contributed by atoms with Crippen molar-refractivity contribution in [3.05, 3.63) is 59.1 Å². The van der Waals surface area contributed by atoms with Gasteiger partial charge in [0.25, 0.3) is 0 Å². The quantitative estimate of drug-likeness (QED) is 0.886. The van der Waals surface area contributed by atoms with Crippen LogP contribution in [-0.2, 0) is 21.2 Å². The van der Waals surface area contributed by atoms with Gasteiger partial charge in [-0.05, 0) is 54.8 Å². The molecular weight excluding hydrogens is 360 g/mol. The van der Waals surface area contributed by atoms with Crippen molar-refractivity contribution in [3.63, 3.8) is 0 Å². The van der Waals surface area contributed by atoms with Gasteiger partial charge in [-0.1, -0.05) is 23.7 Å². The van der Waals surface area contributed by atoms with E-state index in [1.807, 2.05) is 12.1 Å². The van der Waals surface area contributed by atoms with Crippen molar-refractivity contribution < 1.29 is 13.2 Å². The first-order valence-corrected chi connectivity index (χ1v) is 10.1. The summed E-state index contributed by atoms with van der Waals surface area (Å²) >= 11 is 5.83. The minimum Gasteiger partial charge on any atom is -0.326 e. The Morgan fingerprint density at radius 1 is 1.04 bits per heavy atom. The van der Waals surface area contributed by atoms with Crippen molar-refractivity contribution in [2.24, 2.45) is 0 Å². The van der Waals surface area contributed by atoms with Crippen LogP contribution in [0.4, 0.5) is 11.4 Å². The van der Waals surface area contributed by atoms with Crippen LogP contribution in [0.1, 0.15) is 18.4 Å². The van der Waals surface area contributed by atoms with Crippen molar-refractivity contribution >= 4 is 38.9 Å². The van der Waals surface area contributed by atoms with E-state index in [9.17, 15) is 13.2 Å². The van der Waals surface area contributed by atoms with Gasteiger partial charge in [-0.15, -0.1) is 0 Å². The average Bonchev–Trinajstić information content (AvgIpc) is 2.57. The lowest BCUT2D eigenvalue weighted by molar-refractivity contribution is -0.115. The lowest BCUT2D eigenvalue weighted by Crippen LogP contribution is -2.37. The van der Waals surface area contributed by atoms with Crippen molar-refractivity contribution in [2.75, 3.05) is 21.9 Å². The molecule has 7 heteroatoms. The van der Waals surface area contributed by atoms with Gasteiger partial charge in [0, 0.05) is 17.3 Å². The van der Waals surface area contributed by atoms with Gasteiger partial charge in [-0.3, -0.25) is 9.10 Å². The van der Waals surface area contributed by atoms with Crippen LogP contribution in [0.3, 0.4) is 0 Å². The molecule has 0 aromatic heterocycles. The molecule has 0 atom stereocenters. The summed E-state index contributed by atoms with van der Waals surface area (Å²) in [5, 5.41) is 3.45. The number of hydrogen-bond acceptors (Lipinski definition) is 3. The summed E-state index contributed by atoms with van der Waals surface area (Å²) in [7, 11) is -3.22. The van der Waals surface area contributed by atoms with E-state index in [1.54, 1.807) is 36.4 Å². The summed E-state index contributed by atoms with van der Waals surface area (Å²) in [5.74, 6) is 0.0488. The zero-order valence-electron chi connectivity index (χ0n) is 13.6. The minimum absolute atomic E-state index is 0.138. The molecule has 0 aliphatic carbocycles. The first-order valence-electron chi connectivity index (χ1n) is 8.09. The van der Waals surface area contributed by atoms with Gasteiger partial charge >= 0.3 is 0 Å². The number of benzene rings is 2. The lowest BCUT2D eigenvalue weighted by Gasteiger charge is -2.28. The molecule has 0 unspecified atom stereocenters. The molecule has 1 heterocycles. The largest absolute Gasteiger partial charge is 0.326 e. The second kappa shape index (κ2) is 7.45. The van der Waals surface area contributed by atoms with Crippen LogP contribution in [-0.4, -0.2) is 26.6 Å². The maximum absolute atomic E-state index is 12.1. The van der Waals surface area contributed by atoms with Gasteiger partial charge < -0.3 is 5.32 Å². The van der Waals surface area contributed by atoms with Gasteiger partial charge in [0.2, 0.25) is 15.9 Å². The van der Waals surface area contributed by atoms with Crippen LogP contribution in [0.2, 0.25) is 5.02 Å². The van der Waals surface area contributed by atoms with E-state index >= 15 is 0 Å². The molecule has 0 saturated carbocycles. The van der Waals surface area contributed by atoms with Crippen molar-refractivity contribution in [1.82, 2.24) is 0 Å². The van der Waals surface area contributed by atoms with Gasteiger partial charge in [-0.25, -0.2) is 8.42 Å². The van der Waals surface area contributed by atoms with Crippen LogP contribution in [0.5, 0.6) is 0 Å². The molecule has 25 heavy (non-hydrogen) atoms. The fourth-order valence-electron chi connectivity index (χ4n) is 2.78. The second-order valence-corrected chi connectivity index (χ2v) is 8.44. The maximum atomic E-state index is 12.1. The molecule has 3 rings (SSSR count). The Labute approximate surface area is 152 Å². The van der Waals surface area contributed by atoms with E-state index in [2.05, 4.69) is 5.32 Å². The van der Waals surface area contributed by atoms with E-state index in [0.29, 0.717) is 29.4 Å². The summed E-state index contributed by atoms with van der Waals surface area (Å²) in [6, 6.07) is 14.0. The molecule has 0 spiro atoms. The third-order valence-electron chi connectivity index (χ3n) is 4.07. The fraction of sp³-hybridized carbons (Fsp3) is 0.278. The molecule has 1 aliphatic rings. The molecule has 1 amide bonds. The van der Waals surface area contributed by atoms with E-state index < -0.39 is 10.0 Å². The normalized spacial score (nSPS) is 16.4. The number of carbonyl (C=O) groups is 1. The van der Waals surface area contributed by atoms with E-state index in [-0.39, 0.29) is 18.1 Å². The molecular formula is C18H19ClN2O3S. The van der Waals surface area contributed by atoms with Gasteiger partial charge in [0.1, 0.15) is 0 Å². The summed E-state index contributed by atoms with van der Waals surface area (Å²) in [4.78, 5) is 12.1. The van der Waals surface area contributed by atoms with Crippen LogP contribution < -0.4 is 9.62 Å². The van der Waals surface area contributed by atoms with Gasteiger partial charge in [0.05, 0.1) is 17.9 Å². The van der Waals surface area contributed by atoms with Crippen LogP contribution in [0, 0.1) is 0 Å². The molecule has 132 valence electrons. The summed E-state index contributed by atoms with van der Waals surface area (Å²) in [5.41, 5.74) is 2.14. The third-order valence-corrected chi connectivity index (χ3v) is 6.19. The van der Waals surface area contributed by atoms with Gasteiger partial charge in [-0.2, -0.15) is 0 Å². The SMILES string of the molecule is O=C(Cc1ccc(Cl)cc1)Nc1ccc(N2CCCCS2(=O)=O)cc1. The van der Waals surface area contributed by atoms with Crippen LogP contribution >= 0.6 is 11.6 Å². The Hall–Kier alpha value is -2.05. The first kappa shape index (κ1) is 17.8. The number of amides is 1. The highest BCUT2D eigenvalue weighted by Gasteiger charge is 2.25. The molecule has 2 aromatic rings. The minimum atomic E-state index is -3.22. The zero-order chi connectivity index (χ0) is 17.9. The fourth-order valence-corrected chi connectivity index (χ4v) is 4.55. The predicted molar refractivity (Wildman–Crippen MR) is 101 cm³/mol. The van der Waals surface area contributed by atoms with Crippen LogP contribution in [0.25, 0.3) is 0 Å². The number of halogens is 1. The standard InChI is InChI=1S/C18H19ClN2O3S/c19-15-5-3-14(4-6-15)13-18(22)20-16-7-9-17(10-8-16)21-11-1-2-12-25(21,23)24/h3-10H,1-2,11-13H2,(H,20,22). The van der Waals surface area contributed by atoms with E-state index in [0.717, 1.165) is 12.0 Å². The van der Waals surface area contributed by atoms with Crippen molar-refractivity contribution in [2.45, 2.75) is 19.3 Å². The molecule has 1 N–H and O–H groups in total. The van der Waals surface area contributed by atoms with Crippen LogP contribution in [0.15, 0.2) is 48.5 Å². The number of hydrogen-bond donors (Lipinski definition) is 1. The summed E-state index contributed by atoms with van der Waals surface area (Å²) < 4.78 is 25.7. The van der Waals surface area contributed by atoms with Crippen molar-refractivity contribution in [3.8, 4) is 0 Å². The number of carbonyl (C=O) groups excluding carboxylic acids is 1. The topological polar surface area (TPSA) is 66.5 Å². The Morgan fingerprint density at radius 3 is 2.36 bits per heavy atom. The number of anilines is 2. The predicted octanol–water partition coefficient (Wildman–Crippen LogP) is 3.45. The van der Waals surface area contributed by atoms with Gasteiger partial charge in [0.15, 0.2) is 0 Å². The molecule has 0 bridgehead atoms. The highest BCUT2D eigenvalue weighted by atomic mass is 35.5. The number of sulfonamides is 1. The molecule has 5 nitrogen and oxygen atoms in total. The molecule has 0 radical (unpaired) electrons. The Kier molecular flexibility index (Phi) is 5.30. The number of nitrogens with zero attached hydrogens (tertiary/aromatic N) is 1. The average molecular weight is 379 g/mol. The molecule has 1 saturated heterocycles. The lowest BCUT2D eigenvalue weighted by atomic mass is 10.1. The molecule has 1 aliphatic heterocycles. The Balaban J connectivity index is 1.64. The van der Waals surface area contributed by atoms with E-state index in [1.165, 1.54) is 4.31 Å². The highest BCUT2D eigenvalue weighted by Crippen LogP contribution is 2.25.